The first kappa shape index (κ1) is 19.6. The maximum atomic E-state index is 12.0. The summed E-state index contributed by atoms with van der Waals surface area (Å²) in [7, 11) is 0. The van der Waals surface area contributed by atoms with Crippen molar-refractivity contribution in [3.8, 4) is 0 Å². The molecule has 1 fully saturated rings. The van der Waals surface area contributed by atoms with Crippen LogP contribution >= 0.6 is 12.2 Å². The third-order valence-corrected chi connectivity index (χ3v) is 4.52. The predicted molar refractivity (Wildman–Crippen MR) is 104 cm³/mol. The molecule has 3 N–H and O–H groups in total. The molecule has 2 atom stereocenters. The molecule has 0 unspecified atom stereocenters. The Hall–Kier alpha value is -1.70. The molecule has 25 heavy (non-hydrogen) atoms. The van der Waals surface area contributed by atoms with Gasteiger partial charge < -0.3 is 10.1 Å². The maximum absolute atomic E-state index is 12.0. The fourth-order valence-electron chi connectivity index (χ4n) is 2.96. The number of ether oxygens (including phenoxy) is 1. The van der Waals surface area contributed by atoms with E-state index in [1.165, 1.54) is 5.56 Å². The average Bonchev–Trinajstić information content (AvgIpc) is 2.54. The summed E-state index contributed by atoms with van der Waals surface area (Å²) in [5, 5.41) is 3.47. The third-order valence-electron chi connectivity index (χ3n) is 4.32. The number of hydrogen-bond acceptors (Lipinski definition) is 4. The molecule has 1 aromatic carbocycles. The Morgan fingerprint density at radius 2 is 1.92 bits per heavy atom. The van der Waals surface area contributed by atoms with Crippen molar-refractivity contribution in [3.63, 3.8) is 0 Å². The van der Waals surface area contributed by atoms with Crippen molar-refractivity contribution in [1.82, 2.24) is 15.8 Å². The van der Waals surface area contributed by atoms with Crippen LogP contribution in [0.15, 0.2) is 18.2 Å². The predicted octanol–water partition coefficient (Wildman–Crippen LogP) is 2.12. The van der Waals surface area contributed by atoms with Gasteiger partial charge in [-0.2, -0.15) is 0 Å². The summed E-state index contributed by atoms with van der Waals surface area (Å²) >= 11 is 5.23. The first-order valence-corrected chi connectivity index (χ1v) is 9.06. The van der Waals surface area contributed by atoms with Crippen LogP contribution in [0.3, 0.4) is 0 Å². The fraction of sp³-hybridized carbons (Fsp3) is 0.556. The summed E-state index contributed by atoms with van der Waals surface area (Å²) in [6.07, 6.45) is 0.831. The van der Waals surface area contributed by atoms with Gasteiger partial charge in [-0.05, 0) is 57.1 Å². The van der Waals surface area contributed by atoms with Gasteiger partial charge in [-0.15, -0.1) is 0 Å². The van der Waals surface area contributed by atoms with Gasteiger partial charge >= 0.3 is 0 Å². The third kappa shape index (κ3) is 6.26. The van der Waals surface area contributed by atoms with Crippen LogP contribution in [0.2, 0.25) is 0 Å². The Morgan fingerprint density at radius 1 is 1.24 bits per heavy atom. The van der Waals surface area contributed by atoms with E-state index in [2.05, 4.69) is 34.9 Å². The highest BCUT2D eigenvalue weighted by Crippen LogP contribution is 2.17. The van der Waals surface area contributed by atoms with Crippen LogP contribution in [0.5, 0.6) is 0 Å². The fourth-order valence-corrected chi connectivity index (χ4v) is 3.12. The van der Waals surface area contributed by atoms with Crippen LogP contribution in [-0.4, -0.2) is 47.8 Å². The summed E-state index contributed by atoms with van der Waals surface area (Å²) in [4.78, 5) is 14.3. The molecule has 6 nitrogen and oxygen atoms in total. The molecule has 0 saturated carbocycles. The molecule has 138 valence electrons. The zero-order chi connectivity index (χ0) is 18.4. The van der Waals surface area contributed by atoms with Gasteiger partial charge in [-0.1, -0.05) is 12.1 Å². The van der Waals surface area contributed by atoms with E-state index < -0.39 is 0 Å². The van der Waals surface area contributed by atoms with Crippen molar-refractivity contribution in [1.29, 1.82) is 0 Å². The highest BCUT2D eigenvalue weighted by molar-refractivity contribution is 7.80. The van der Waals surface area contributed by atoms with E-state index in [0.717, 1.165) is 24.3 Å². The molecular weight excluding hydrogens is 336 g/mol. The van der Waals surface area contributed by atoms with Crippen molar-refractivity contribution >= 4 is 28.9 Å². The van der Waals surface area contributed by atoms with Gasteiger partial charge in [0.2, 0.25) is 5.91 Å². The number of nitrogens with one attached hydrogen (secondary N) is 3. The van der Waals surface area contributed by atoms with Gasteiger partial charge in [0.1, 0.15) is 0 Å². The number of nitrogens with zero attached hydrogens (tertiary/aromatic N) is 1. The number of rotatable bonds is 4. The minimum atomic E-state index is -0.0862. The SMILES string of the molecule is Cc1cccc(NC(=S)NNC(=O)CCN2C[C@@H](C)O[C@H](C)C2)c1C. The van der Waals surface area contributed by atoms with Crippen LogP contribution in [0, 0.1) is 13.8 Å². The Morgan fingerprint density at radius 3 is 2.60 bits per heavy atom. The quantitative estimate of drug-likeness (QED) is 0.562. The van der Waals surface area contributed by atoms with Gasteiger partial charge in [-0.3, -0.25) is 20.5 Å². The number of thiocarbonyl (C=S) groups is 1. The van der Waals surface area contributed by atoms with Gasteiger partial charge in [-0.25, -0.2) is 0 Å². The lowest BCUT2D eigenvalue weighted by molar-refractivity contribution is -0.123. The Bertz CT molecular complexity index is 613. The molecule has 1 aliphatic rings. The van der Waals surface area contributed by atoms with E-state index in [9.17, 15) is 4.79 Å². The van der Waals surface area contributed by atoms with E-state index in [1.54, 1.807) is 0 Å². The van der Waals surface area contributed by atoms with E-state index in [4.69, 9.17) is 17.0 Å². The number of carbonyl (C=O) groups is 1. The van der Waals surface area contributed by atoms with Crippen LogP contribution in [0.25, 0.3) is 0 Å². The molecule has 1 aromatic rings. The number of hydrazine groups is 1. The lowest BCUT2D eigenvalue weighted by atomic mass is 10.1. The summed E-state index contributed by atoms with van der Waals surface area (Å²) in [5.41, 5.74) is 8.66. The van der Waals surface area contributed by atoms with Crippen LogP contribution in [0.4, 0.5) is 5.69 Å². The van der Waals surface area contributed by atoms with Gasteiger partial charge in [0.15, 0.2) is 5.11 Å². The average molecular weight is 365 g/mol. The van der Waals surface area contributed by atoms with Crippen molar-refractivity contribution < 1.29 is 9.53 Å². The monoisotopic (exact) mass is 364 g/mol. The maximum Gasteiger partial charge on any atom is 0.239 e. The Kier molecular flexibility index (Phi) is 7.16. The van der Waals surface area contributed by atoms with Crippen molar-refractivity contribution in [2.24, 2.45) is 0 Å². The molecule has 1 aliphatic heterocycles. The zero-order valence-electron chi connectivity index (χ0n) is 15.4. The van der Waals surface area contributed by atoms with Crippen LogP contribution < -0.4 is 16.2 Å². The second-order valence-corrected chi connectivity index (χ2v) is 7.05. The molecular formula is C18H28N4O2S. The summed E-state index contributed by atoms with van der Waals surface area (Å²) in [6.45, 7) is 10.6. The Balaban J connectivity index is 1.70. The first-order chi connectivity index (χ1) is 11.8. The van der Waals surface area contributed by atoms with Crippen molar-refractivity contribution in [2.45, 2.75) is 46.3 Å². The number of amides is 1. The highest BCUT2D eigenvalue weighted by Gasteiger charge is 2.22. The molecule has 2 rings (SSSR count). The second kappa shape index (κ2) is 9.12. The molecule has 0 aliphatic carbocycles. The topological polar surface area (TPSA) is 65.6 Å². The smallest absolute Gasteiger partial charge is 0.239 e. The molecule has 1 heterocycles. The van der Waals surface area contributed by atoms with E-state index in [1.807, 2.05) is 32.0 Å². The lowest BCUT2D eigenvalue weighted by Gasteiger charge is -2.35. The van der Waals surface area contributed by atoms with Crippen LogP contribution in [-0.2, 0) is 9.53 Å². The molecule has 0 bridgehead atoms. The van der Waals surface area contributed by atoms with Crippen molar-refractivity contribution in [2.75, 3.05) is 25.0 Å². The molecule has 0 aromatic heterocycles. The van der Waals surface area contributed by atoms with E-state index in [-0.39, 0.29) is 18.1 Å². The normalized spacial score (nSPS) is 20.8. The molecule has 7 heteroatoms. The lowest BCUT2D eigenvalue weighted by Crippen LogP contribution is -2.48. The highest BCUT2D eigenvalue weighted by atomic mass is 32.1. The molecule has 1 amide bonds. The zero-order valence-corrected chi connectivity index (χ0v) is 16.2. The number of benzene rings is 1. The van der Waals surface area contributed by atoms with Crippen molar-refractivity contribution in [3.05, 3.63) is 29.3 Å². The van der Waals surface area contributed by atoms with E-state index >= 15 is 0 Å². The standard InChI is InChI=1S/C18H28N4O2S/c1-12-6-5-7-16(15(12)4)19-18(25)21-20-17(23)8-9-22-10-13(2)24-14(3)11-22/h5-7,13-14H,8-11H2,1-4H3,(H,20,23)(H2,19,21,25)/t13-,14-/m1/s1. The van der Waals surface area contributed by atoms with Crippen LogP contribution in [0.1, 0.15) is 31.4 Å². The minimum Gasteiger partial charge on any atom is -0.373 e. The second-order valence-electron chi connectivity index (χ2n) is 6.64. The number of hydrogen-bond donors (Lipinski definition) is 3. The first-order valence-electron chi connectivity index (χ1n) is 8.65. The largest absolute Gasteiger partial charge is 0.373 e. The minimum absolute atomic E-state index is 0.0862. The number of carbonyl (C=O) groups excluding carboxylic acids is 1. The summed E-state index contributed by atoms with van der Waals surface area (Å²) < 4.78 is 5.70. The summed E-state index contributed by atoms with van der Waals surface area (Å²) in [6, 6.07) is 5.97. The molecule has 0 spiro atoms. The molecule has 1 saturated heterocycles. The van der Waals surface area contributed by atoms with Gasteiger partial charge in [0.25, 0.3) is 0 Å². The number of aryl methyl sites for hydroxylation is 1. The van der Waals surface area contributed by atoms with E-state index in [0.29, 0.717) is 18.1 Å². The Labute approximate surface area is 155 Å². The van der Waals surface area contributed by atoms with Gasteiger partial charge in [0, 0.05) is 31.7 Å². The molecule has 0 radical (unpaired) electrons. The number of morpholine rings is 1. The summed E-state index contributed by atoms with van der Waals surface area (Å²) in [5.74, 6) is -0.0862. The van der Waals surface area contributed by atoms with Gasteiger partial charge in [0.05, 0.1) is 12.2 Å². The number of anilines is 1.